The zero-order valence-electron chi connectivity index (χ0n) is 13.4. The number of aliphatic hydroxyl groups excluding tert-OH is 1. The Bertz CT molecular complexity index is 700. The highest BCUT2D eigenvalue weighted by Gasteiger charge is 2.13. The molecule has 122 valence electrons. The quantitative estimate of drug-likeness (QED) is 0.922. The molecule has 1 N–H and O–H groups in total. The number of carbonyl (C=O) groups excluding carboxylic acids is 1. The van der Waals surface area contributed by atoms with E-state index in [1.807, 2.05) is 0 Å². The van der Waals surface area contributed by atoms with Gasteiger partial charge in [-0.25, -0.2) is 4.39 Å². The number of nitrogens with zero attached hydrogens (tertiary/aromatic N) is 1. The Balaban J connectivity index is 2.05. The number of aryl methyl sites for hydroxylation is 1. The number of hydrogen-bond donors (Lipinski definition) is 1. The van der Waals surface area contributed by atoms with E-state index in [9.17, 15) is 14.3 Å². The second-order valence-electron chi connectivity index (χ2n) is 5.56. The smallest absolute Gasteiger partial charge is 0.253 e. The summed E-state index contributed by atoms with van der Waals surface area (Å²) in [5, 5.41) is 10.2. The summed E-state index contributed by atoms with van der Waals surface area (Å²) in [6, 6.07) is 11.0. The number of carbonyl (C=O) groups is 1. The lowest BCUT2D eigenvalue weighted by molar-refractivity contribution is 0.0826. The molecule has 5 heteroatoms. The Morgan fingerprint density at radius 1 is 1.26 bits per heavy atom. The highest BCUT2D eigenvalue weighted by atomic mass is 19.1. The second-order valence-corrected chi connectivity index (χ2v) is 5.56. The van der Waals surface area contributed by atoms with Crippen LogP contribution in [0.1, 0.15) is 27.6 Å². The molecular formula is C18H20FNO3. The predicted molar refractivity (Wildman–Crippen MR) is 86.1 cm³/mol. The average Bonchev–Trinajstić information content (AvgIpc) is 2.52. The molecular weight excluding hydrogens is 297 g/mol. The van der Waals surface area contributed by atoms with E-state index in [2.05, 4.69) is 0 Å². The van der Waals surface area contributed by atoms with Gasteiger partial charge in [-0.2, -0.15) is 0 Å². The Kier molecular flexibility index (Phi) is 5.34. The maximum atomic E-state index is 13.1. The molecule has 1 unspecified atom stereocenters. The molecule has 0 fully saturated rings. The molecule has 2 rings (SSSR count). The fourth-order valence-electron chi connectivity index (χ4n) is 2.26. The highest BCUT2D eigenvalue weighted by Crippen LogP contribution is 2.21. The largest absolute Gasteiger partial charge is 0.491 e. The van der Waals surface area contributed by atoms with Crippen LogP contribution in [-0.4, -0.2) is 36.6 Å². The molecule has 0 aromatic heterocycles. The number of halogens is 1. The van der Waals surface area contributed by atoms with Crippen molar-refractivity contribution in [3.63, 3.8) is 0 Å². The van der Waals surface area contributed by atoms with Gasteiger partial charge in [-0.1, -0.05) is 12.1 Å². The van der Waals surface area contributed by atoms with E-state index in [1.165, 1.54) is 17.0 Å². The van der Waals surface area contributed by atoms with Crippen LogP contribution in [0, 0.1) is 12.7 Å². The van der Waals surface area contributed by atoms with Crippen LogP contribution in [0.15, 0.2) is 42.5 Å². The van der Waals surface area contributed by atoms with Crippen LogP contribution in [0.4, 0.5) is 4.39 Å². The molecule has 23 heavy (non-hydrogen) atoms. The number of ether oxygens (including phenoxy) is 1. The van der Waals surface area contributed by atoms with Gasteiger partial charge in [0.2, 0.25) is 0 Å². The molecule has 0 aliphatic rings. The first-order valence-electron chi connectivity index (χ1n) is 7.27. The van der Waals surface area contributed by atoms with Crippen molar-refractivity contribution in [1.82, 2.24) is 4.90 Å². The molecule has 4 nitrogen and oxygen atoms in total. The Labute approximate surface area is 135 Å². The van der Waals surface area contributed by atoms with E-state index < -0.39 is 6.10 Å². The van der Waals surface area contributed by atoms with Crippen molar-refractivity contribution >= 4 is 5.91 Å². The molecule has 0 saturated heterocycles. The van der Waals surface area contributed by atoms with Crippen LogP contribution in [0.5, 0.6) is 5.75 Å². The number of hydrogen-bond acceptors (Lipinski definition) is 3. The zero-order chi connectivity index (χ0) is 17.0. The molecule has 1 atom stereocenters. The van der Waals surface area contributed by atoms with Gasteiger partial charge < -0.3 is 14.7 Å². The first kappa shape index (κ1) is 17.0. The van der Waals surface area contributed by atoms with Crippen LogP contribution in [-0.2, 0) is 0 Å². The lowest BCUT2D eigenvalue weighted by Crippen LogP contribution is -2.21. The highest BCUT2D eigenvalue weighted by molar-refractivity contribution is 5.94. The molecule has 0 aliphatic carbocycles. The van der Waals surface area contributed by atoms with Crippen molar-refractivity contribution in [3.05, 3.63) is 65.0 Å². The maximum Gasteiger partial charge on any atom is 0.253 e. The predicted octanol–water partition coefficient (Wildman–Crippen LogP) is 2.95. The first-order valence-corrected chi connectivity index (χ1v) is 7.27. The van der Waals surface area contributed by atoms with Gasteiger partial charge in [0.05, 0.1) is 0 Å². The van der Waals surface area contributed by atoms with E-state index in [1.54, 1.807) is 51.4 Å². The molecule has 0 radical (unpaired) electrons. The number of benzene rings is 2. The van der Waals surface area contributed by atoms with Crippen molar-refractivity contribution in [2.75, 3.05) is 20.7 Å². The van der Waals surface area contributed by atoms with Gasteiger partial charge in [0.25, 0.3) is 5.91 Å². The van der Waals surface area contributed by atoms with Gasteiger partial charge in [-0.05, 0) is 48.4 Å². The second kappa shape index (κ2) is 7.24. The summed E-state index contributed by atoms with van der Waals surface area (Å²) in [7, 11) is 3.36. The van der Waals surface area contributed by atoms with E-state index in [0.717, 1.165) is 0 Å². The van der Waals surface area contributed by atoms with E-state index in [-0.39, 0.29) is 18.3 Å². The van der Waals surface area contributed by atoms with Crippen LogP contribution in [0.2, 0.25) is 0 Å². The zero-order valence-corrected chi connectivity index (χ0v) is 13.4. The van der Waals surface area contributed by atoms with Crippen molar-refractivity contribution in [1.29, 1.82) is 0 Å². The summed E-state index contributed by atoms with van der Waals surface area (Å²) in [5.41, 5.74) is 1.80. The van der Waals surface area contributed by atoms with Crippen LogP contribution >= 0.6 is 0 Å². The van der Waals surface area contributed by atoms with Crippen molar-refractivity contribution < 1.29 is 19.0 Å². The molecule has 0 heterocycles. The standard InChI is InChI=1S/C18H20FNO3/c1-12-9-14(19)7-8-16(12)17(21)11-23-15-6-4-5-13(10-15)18(22)20(2)3/h4-10,17,21H,11H2,1-3H3. The topological polar surface area (TPSA) is 49.8 Å². The van der Waals surface area contributed by atoms with E-state index in [4.69, 9.17) is 4.74 Å². The lowest BCUT2D eigenvalue weighted by atomic mass is 10.0. The molecule has 2 aromatic rings. The summed E-state index contributed by atoms with van der Waals surface area (Å²) >= 11 is 0. The van der Waals surface area contributed by atoms with Gasteiger partial charge in [0.1, 0.15) is 24.3 Å². The Morgan fingerprint density at radius 2 is 2.00 bits per heavy atom. The summed E-state index contributed by atoms with van der Waals surface area (Å²) in [5.74, 6) is 0.0381. The third-order valence-electron chi connectivity index (χ3n) is 3.49. The van der Waals surface area contributed by atoms with E-state index in [0.29, 0.717) is 22.4 Å². The van der Waals surface area contributed by atoms with Crippen LogP contribution < -0.4 is 4.74 Å². The summed E-state index contributed by atoms with van der Waals surface area (Å²) in [6.07, 6.45) is -0.871. The van der Waals surface area contributed by atoms with Crippen molar-refractivity contribution in [2.45, 2.75) is 13.0 Å². The SMILES string of the molecule is Cc1cc(F)ccc1C(O)COc1cccc(C(=O)N(C)C)c1. The molecule has 2 aromatic carbocycles. The van der Waals surface area contributed by atoms with Gasteiger partial charge in [0.15, 0.2) is 0 Å². The minimum absolute atomic E-state index is 0.0199. The third kappa shape index (κ3) is 4.29. The minimum atomic E-state index is -0.871. The normalized spacial score (nSPS) is 11.9. The van der Waals surface area contributed by atoms with Gasteiger partial charge in [-0.3, -0.25) is 4.79 Å². The molecule has 0 aliphatic heterocycles. The van der Waals surface area contributed by atoms with Crippen molar-refractivity contribution in [3.8, 4) is 5.75 Å². The van der Waals surface area contributed by atoms with Crippen LogP contribution in [0.3, 0.4) is 0 Å². The number of amides is 1. The summed E-state index contributed by atoms with van der Waals surface area (Å²) < 4.78 is 18.7. The maximum absolute atomic E-state index is 13.1. The minimum Gasteiger partial charge on any atom is -0.491 e. The Hall–Kier alpha value is -2.40. The van der Waals surface area contributed by atoms with Crippen molar-refractivity contribution in [2.24, 2.45) is 0 Å². The number of rotatable bonds is 5. The monoisotopic (exact) mass is 317 g/mol. The molecule has 0 bridgehead atoms. The molecule has 1 amide bonds. The average molecular weight is 317 g/mol. The fraction of sp³-hybridized carbons (Fsp3) is 0.278. The number of aliphatic hydroxyl groups is 1. The third-order valence-corrected chi connectivity index (χ3v) is 3.49. The van der Waals surface area contributed by atoms with Gasteiger partial charge in [0, 0.05) is 19.7 Å². The molecule has 0 saturated carbocycles. The van der Waals surface area contributed by atoms with Crippen LogP contribution in [0.25, 0.3) is 0 Å². The van der Waals surface area contributed by atoms with E-state index >= 15 is 0 Å². The lowest BCUT2D eigenvalue weighted by Gasteiger charge is -2.16. The Morgan fingerprint density at radius 3 is 2.65 bits per heavy atom. The first-order chi connectivity index (χ1) is 10.9. The molecule has 0 spiro atoms. The fourth-order valence-corrected chi connectivity index (χ4v) is 2.26. The summed E-state index contributed by atoms with van der Waals surface area (Å²) in [6.45, 7) is 1.75. The van der Waals surface area contributed by atoms with Gasteiger partial charge >= 0.3 is 0 Å². The summed E-state index contributed by atoms with van der Waals surface area (Å²) in [4.78, 5) is 13.4. The van der Waals surface area contributed by atoms with Gasteiger partial charge in [-0.15, -0.1) is 0 Å².